The van der Waals surface area contributed by atoms with Crippen LogP contribution in [0.3, 0.4) is 0 Å². The zero-order chi connectivity index (χ0) is 17.1. The second-order valence-corrected chi connectivity index (χ2v) is 5.98. The summed E-state index contributed by atoms with van der Waals surface area (Å²) in [5.74, 6) is -0.0896. The van der Waals surface area contributed by atoms with Gasteiger partial charge in [0.25, 0.3) is 0 Å². The highest BCUT2D eigenvalue weighted by molar-refractivity contribution is 9.10. The number of ether oxygens (including phenoxy) is 1. The van der Waals surface area contributed by atoms with E-state index in [4.69, 9.17) is 4.74 Å². The van der Waals surface area contributed by atoms with Crippen LogP contribution in [-0.4, -0.2) is 23.6 Å². The molecule has 24 heavy (non-hydrogen) atoms. The molecule has 7 heteroatoms. The van der Waals surface area contributed by atoms with Gasteiger partial charge in [0.2, 0.25) is 0 Å². The predicted octanol–water partition coefficient (Wildman–Crippen LogP) is 4.33. The molecule has 0 aliphatic heterocycles. The lowest BCUT2D eigenvalue weighted by Crippen LogP contribution is -2.08. The van der Waals surface area contributed by atoms with Gasteiger partial charge in [-0.2, -0.15) is 0 Å². The number of aromatic nitrogens is 2. The Morgan fingerprint density at radius 1 is 1.12 bits per heavy atom. The van der Waals surface area contributed by atoms with E-state index in [0.29, 0.717) is 13.0 Å². The number of halogens is 3. The summed E-state index contributed by atoms with van der Waals surface area (Å²) >= 11 is 3.44. The number of nitrogens with one attached hydrogen (secondary N) is 1. The van der Waals surface area contributed by atoms with Crippen molar-refractivity contribution in [3.8, 4) is 5.75 Å². The molecular formula is C17H14BrF2N3O. The Kier molecular flexibility index (Phi) is 4.89. The van der Waals surface area contributed by atoms with E-state index < -0.39 is 11.6 Å². The monoisotopic (exact) mass is 393 g/mol. The first-order valence-electron chi connectivity index (χ1n) is 7.25. The summed E-state index contributed by atoms with van der Waals surface area (Å²) in [4.78, 5) is 7.84. The summed E-state index contributed by atoms with van der Waals surface area (Å²) in [7, 11) is 1.61. The van der Waals surface area contributed by atoms with E-state index in [-0.39, 0.29) is 16.7 Å². The first-order chi connectivity index (χ1) is 11.6. The van der Waals surface area contributed by atoms with E-state index in [1.165, 1.54) is 6.33 Å². The summed E-state index contributed by atoms with van der Waals surface area (Å²) in [6.45, 7) is 0.515. The van der Waals surface area contributed by atoms with E-state index in [1.807, 2.05) is 18.2 Å². The van der Waals surface area contributed by atoms with Gasteiger partial charge in [0.15, 0.2) is 0 Å². The van der Waals surface area contributed by atoms with Crippen molar-refractivity contribution >= 4 is 32.7 Å². The van der Waals surface area contributed by atoms with Crippen LogP contribution < -0.4 is 10.1 Å². The largest absolute Gasteiger partial charge is 0.496 e. The minimum atomic E-state index is -0.573. The average Bonchev–Trinajstić information content (AvgIpc) is 2.58. The summed E-state index contributed by atoms with van der Waals surface area (Å²) in [6, 6.07) is 7.91. The van der Waals surface area contributed by atoms with Crippen LogP contribution in [0.1, 0.15) is 5.56 Å². The maximum Gasteiger partial charge on any atom is 0.149 e. The van der Waals surface area contributed by atoms with Crippen molar-refractivity contribution in [2.45, 2.75) is 6.42 Å². The standard InChI is InChI=1S/C17H14BrF2N3O/c1-24-14-5-2-10(8-11(14)18)6-7-21-17-15-12(19)3-4-13(20)16(15)22-9-23-17/h2-5,8-9H,6-7H2,1H3,(H,21,22,23). The van der Waals surface area contributed by atoms with Crippen LogP contribution >= 0.6 is 15.9 Å². The molecule has 0 saturated carbocycles. The summed E-state index contributed by atoms with van der Waals surface area (Å²) in [6.07, 6.45) is 1.90. The minimum Gasteiger partial charge on any atom is -0.496 e. The van der Waals surface area contributed by atoms with Gasteiger partial charge >= 0.3 is 0 Å². The van der Waals surface area contributed by atoms with Crippen molar-refractivity contribution in [1.82, 2.24) is 9.97 Å². The number of anilines is 1. The van der Waals surface area contributed by atoms with Gasteiger partial charge in [-0.1, -0.05) is 6.07 Å². The molecule has 1 aromatic heterocycles. The van der Waals surface area contributed by atoms with E-state index in [1.54, 1.807) is 7.11 Å². The van der Waals surface area contributed by atoms with E-state index in [2.05, 4.69) is 31.2 Å². The van der Waals surface area contributed by atoms with Crippen LogP contribution in [0.15, 0.2) is 41.1 Å². The lowest BCUT2D eigenvalue weighted by atomic mass is 10.1. The molecule has 124 valence electrons. The molecule has 0 aliphatic carbocycles. The third-order valence-electron chi connectivity index (χ3n) is 3.61. The van der Waals surface area contributed by atoms with Gasteiger partial charge in [-0.15, -0.1) is 0 Å². The van der Waals surface area contributed by atoms with Gasteiger partial charge in [0.1, 0.15) is 35.0 Å². The third kappa shape index (κ3) is 3.31. The van der Waals surface area contributed by atoms with Crippen LogP contribution in [0, 0.1) is 11.6 Å². The Morgan fingerprint density at radius 2 is 1.92 bits per heavy atom. The topological polar surface area (TPSA) is 47.0 Å². The molecule has 0 saturated heterocycles. The number of hydrogen-bond acceptors (Lipinski definition) is 4. The normalized spacial score (nSPS) is 10.8. The first-order valence-corrected chi connectivity index (χ1v) is 8.04. The number of hydrogen-bond donors (Lipinski definition) is 1. The molecule has 0 bridgehead atoms. The second kappa shape index (κ2) is 7.09. The Balaban J connectivity index is 1.77. The fourth-order valence-corrected chi connectivity index (χ4v) is 3.01. The molecule has 4 nitrogen and oxygen atoms in total. The highest BCUT2D eigenvalue weighted by atomic mass is 79.9. The Morgan fingerprint density at radius 3 is 2.67 bits per heavy atom. The van der Waals surface area contributed by atoms with E-state index >= 15 is 0 Å². The van der Waals surface area contributed by atoms with Gasteiger partial charge in [-0.3, -0.25) is 0 Å². The molecule has 1 heterocycles. The number of benzene rings is 2. The summed E-state index contributed by atoms with van der Waals surface area (Å²) < 4.78 is 33.8. The summed E-state index contributed by atoms with van der Waals surface area (Å²) in [5.41, 5.74) is 1.04. The highest BCUT2D eigenvalue weighted by Crippen LogP contribution is 2.26. The quantitative estimate of drug-likeness (QED) is 0.700. The molecule has 3 aromatic rings. The van der Waals surface area contributed by atoms with Crippen molar-refractivity contribution in [1.29, 1.82) is 0 Å². The number of fused-ring (bicyclic) bond motifs is 1. The Labute approximate surface area is 146 Å². The number of methoxy groups -OCH3 is 1. The van der Waals surface area contributed by atoms with Gasteiger partial charge in [0, 0.05) is 6.54 Å². The molecule has 0 spiro atoms. The lowest BCUT2D eigenvalue weighted by Gasteiger charge is -2.10. The molecule has 0 radical (unpaired) electrons. The zero-order valence-corrected chi connectivity index (χ0v) is 14.4. The number of nitrogens with zero attached hydrogens (tertiary/aromatic N) is 2. The van der Waals surface area contributed by atoms with Crippen molar-refractivity contribution in [3.05, 3.63) is 58.3 Å². The molecule has 3 rings (SSSR count). The van der Waals surface area contributed by atoms with Gasteiger partial charge in [0.05, 0.1) is 17.0 Å². The van der Waals surface area contributed by atoms with Crippen LogP contribution in [-0.2, 0) is 6.42 Å². The zero-order valence-electron chi connectivity index (χ0n) is 12.8. The van der Waals surface area contributed by atoms with Crippen LogP contribution in [0.5, 0.6) is 5.75 Å². The number of rotatable bonds is 5. The van der Waals surface area contributed by atoms with Crippen molar-refractivity contribution in [3.63, 3.8) is 0 Å². The van der Waals surface area contributed by atoms with Crippen LogP contribution in [0.25, 0.3) is 10.9 Å². The lowest BCUT2D eigenvalue weighted by molar-refractivity contribution is 0.412. The molecular weight excluding hydrogens is 380 g/mol. The van der Waals surface area contributed by atoms with Gasteiger partial charge in [-0.05, 0) is 52.2 Å². The molecule has 0 aliphatic rings. The van der Waals surface area contributed by atoms with Crippen molar-refractivity contribution in [2.75, 3.05) is 19.0 Å². The van der Waals surface area contributed by atoms with Crippen LogP contribution in [0.2, 0.25) is 0 Å². The average molecular weight is 394 g/mol. The van der Waals surface area contributed by atoms with Crippen molar-refractivity contribution < 1.29 is 13.5 Å². The fraction of sp³-hybridized carbons (Fsp3) is 0.176. The molecule has 0 atom stereocenters. The van der Waals surface area contributed by atoms with Crippen LogP contribution in [0.4, 0.5) is 14.6 Å². The summed E-state index contributed by atoms with van der Waals surface area (Å²) in [5, 5.41) is 3.11. The SMILES string of the molecule is COc1ccc(CCNc2ncnc3c(F)ccc(F)c23)cc1Br. The Bertz CT molecular complexity index is 889. The Hall–Kier alpha value is -2.28. The maximum absolute atomic E-state index is 14.0. The van der Waals surface area contributed by atoms with Gasteiger partial charge < -0.3 is 10.1 Å². The molecule has 0 fully saturated rings. The smallest absolute Gasteiger partial charge is 0.149 e. The third-order valence-corrected chi connectivity index (χ3v) is 4.23. The second-order valence-electron chi connectivity index (χ2n) is 5.12. The maximum atomic E-state index is 14.0. The van der Waals surface area contributed by atoms with E-state index in [9.17, 15) is 8.78 Å². The minimum absolute atomic E-state index is 0.0281. The molecule has 0 amide bonds. The molecule has 0 unspecified atom stereocenters. The fourth-order valence-electron chi connectivity index (χ4n) is 2.43. The highest BCUT2D eigenvalue weighted by Gasteiger charge is 2.12. The van der Waals surface area contributed by atoms with Crippen molar-refractivity contribution in [2.24, 2.45) is 0 Å². The predicted molar refractivity (Wildman–Crippen MR) is 92.3 cm³/mol. The van der Waals surface area contributed by atoms with E-state index in [0.717, 1.165) is 27.9 Å². The molecule has 1 N–H and O–H groups in total. The first kappa shape index (κ1) is 16.6. The van der Waals surface area contributed by atoms with Gasteiger partial charge in [-0.25, -0.2) is 18.7 Å². The molecule has 2 aromatic carbocycles.